The van der Waals surface area contributed by atoms with Gasteiger partial charge < -0.3 is 15.0 Å². The van der Waals surface area contributed by atoms with Gasteiger partial charge in [0.05, 0.1) is 24.4 Å². The first-order valence-corrected chi connectivity index (χ1v) is 7.38. The largest absolute Gasteiger partial charge is 0.497 e. The summed E-state index contributed by atoms with van der Waals surface area (Å²) >= 11 is 3.44. The van der Waals surface area contributed by atoms with Crippen LogP contribution in [-0.2, 0) is 0 Å². The van der Waals surface area contributed by atoms with Gasteiger partial charge in [-0.25, -0.2) is 4.98 Å². The van der Waals surface area contributed by atoms with Crippen molar-refractivity contribution in [1.82, 2.24) is 9.97 Å². The summed E-state index contributed by atoms with van der Waals surface area (Å²) in [4.78, 5) is 19.2. The highest BCUT2D eigenvalue weighted by Gasteiger charge is 2.15. The van der Waals surface area contributed by atoms with E-state index in [-0.39, 0.29) is 11.6 Å². The predicted octanol–water partition coefficient (Wildman–Crippen LogP) is 3.33. The minimum Gasteiger partial charge on any atom is -0.497 e. The number of methoxy groups -OCH3 is 1. The maximum Gasteiger partial charge on any atom is 0.256 e. The Hall–Kier alpha value is -1.82. The van der Waals surface area contributed by atoms with Crippen LogP contribution in [0.15, 0.2) is 27.5 Å². The van der Waals surface area contributed by atoms with E-state index in [9.17, 15) is 4.79 Å². The molecule has 2 N–H and O–H groups in total. The molecule has 0 bridgehead atoms. The molecular weight excluding hydrogens is 334 g/mol. The molecule has 0 aliphatic heterocycles. The molecule has 2 rings (SSSR count). The van der Waals surface area contributed by atoms with Crippen LogP contribution in [0.1, 0.15) is 30.0 Å². The third kappa shape index (κ3) is 3.64. The van der Waals surface area contributed by atoms with Crippen LogP contribution in [0.25, 0.3) is 0 Å². The Morgan fingerprint density at radius 1 is 1.33 bits per heavy atom. The molecule has 2 aromatic rings. The Balaban J connectivity index is 2.32. The fourth-order valence-electron chi connectivity index (χ4n) is 2.33. The van der Waals surface area contributed by atoms with Gasteiger partial charge in [-0.1, -0.05) is 15.9 Å². The van der Waals surface area contributed by atoms with E-state index < -0.39 is 0 Å². The van der Waals surface area contributed by atoms with Crippen LogP contribution in [0.5, 0.6) is 5.75 Å². The fourth-order valence-corrected chi connectivity index (χ4v) is 2.80. The molecule has 1 heterocycles. The first-order chi connectivity index (χ1) is 9.90. The lowest BCUT2D eigenvalue weighted by molar-refractivity contribution is 0.414. The van der Waals surface area contributed by atoms with Crippen molar-refractivity contribution in [2.45, 2.75) is 26.8 Å². The number of hydrogen-bond acceptors (Lipinski definition) is 4. The summed E-state index contributed by atoms with van der Waals surface area (Å²) in [6.07, 6.45) is 0. The molecule has 0 radical (unpaired) electrons. The van der Waals surface area contributed by atoms with E-state index in [0.717, 1.165) is 21.6 Å². The molecule has 0 spiro atoms. The highest BCUT2D eigenvalue weighted by molar-refractivity contribution is 9.10. The number of aromatic nitrogens is 2. The van der Waals surface area contributed by atoms with Gasteiger partial charge in [0.1, 0.15) is 11.6 Å². The Bertz CT molecular complexity index is 713. The van der Waals surface area contributed by atoms with Gasteiger partial charge in [-0.15, -0.1) is 0 Å². The van der Waals surface area contributed by atoms with Crippen molar-refractivity contribution in [2.75, 3.05) is 12.4 Å². The van der Waals surface area contributed by atoms with Gasteiger partial charge in [0.25, 0.3) is 5.56 Å². The number of benzene rings is 1. The smallest absolute Gasteiger partial charge is 0.256 e. The zero-order chi connectivity index (χ0) is 15.6. The molecule has 0 fully saturated rings. The van der Waals surface area contributed by atoms with Crippen LogP contribution >= 0.6 is 15.9 Å². The lowest BCUT2D eigenvalue weighted by Crippen LogP contribution is -2.23. The van der Waals surface area contributed by atoms with Crippen molar-refractivity contribution >= 4 is 21.6 Å². The summed E-state index contributed by atoms with van der Waals surface area (Å²) in [5.41, 5.74) is 2.13. The summed E-state index contributed by atoms with van der Waals surface area (Å²) in [5.74, 6) is 1.37. The summed E-state index contributed by atoms with van der Waals surface area (Å²) in [5, 5.41) is 3.30. The van der Waals surface area contributed by atoms with Crippen molar-refractivity contribution < 1.29 is 4.74 Å². The number of aromatic amines is 1. The Morgan fingerprint density at radius 3 is 2.67 bits per heavy atom. The number of hydrogen-bond donors (Lipinski definition) is 2. The van der Waals surface area contributed by atoms with E-state index in [1.165, 1.54) is 0 Å². The van der Waals surface area contributed by atoms with E-state index in [0.29, 0.717) is 11.4 Å². The average molecular weight is 352 g/mol. The molecular formula is C15H18BrN3O2. The van der Waals surface area contributed by atoms with Gasteiger partial charge in [0, 0.05) is 16.2 Å². The second-order valence-electron chi connectivity index (χ2n) is 4.90. The van der Waals surface area contributed by atoms with Crippen LogP contribution in [0.4, 0.5) is 5.69 Å². The maximum atomic E-state index is 12.1. The Kier molecular flexibility index (Phi) is 4.67. The monoisotopic (exact) mass is 351 g/mol. The topological polar surface area (TPSA) is 67.0 Å². The van der Waals surface area contributed by atoms with Crippen LogP contribution in [0.3, 0.4) is 0 Å². The van der Waals surface area contributed by atoms with Crippen molar-refractivity contribution in [3.05, 3.63) is 50.1 Å². The van der Waals surface area contributed by atoms with Gasteiger partial charge in [0.2, 0.25) is 0 Å². The second kappa shape index (κ2) is 6.30. The third-order valence-corrected chi connectivity index (χ3v) is 3.65. The van der Waals surface area contributed by atoms with Crippen LogP contribution < -0.4 is 15.6 Å². The van der Waals surface area contributed by atoms with Crippen molar-refractivity contribution in [2.24, 2.45) is 0 Å². The van der Waals surface area contributed by atoms with Crippen molar-refractivity contribution in [1.29, 1.82) is 0 Å². The molecule has 0 aliphatic rings. The molecule has 0 aliphatic carbocycles. The fraction of sp³-hybridized carbons (Fsp3) is 0.333. The highest BCUT2D eigenvalue weighted by atomic mass is 79.9. The number of nitrogens with one attached hydrogen (secondary N) is 2. The van der Waals surface area contributed by atoms with Crippen LogP contribution in [0.2, 0.25) is 0 Å². The van der Waals surface area contributed by atoms with Crippen LogP contribution in [0, 0.1) is 13.8 Å². The van der Waals surface area contributed by atoms with Gasteiger partial charge >= 0.3 is 0 Å². The molecule has 6 heteroatoms. The molecule has 0 amide bonds. The summed E-state index contributed by atoms with van der Waals surface area (Å²) in [6, 6.07) is 5.53. The molecule has 0 saturated heterocycles. The molecule has 1 unspecified atom stereocenters. The molecule has 1 aromatic carbocycles. The Morgan fingerprint density at radius 2 is 2.05 bits per heavy atom. The number of anilines is 1. The molecule has 5 nitrogen and oxygen atoms in total. The van der Waals surface area contributed by atoms with Crippen molar-refractivity contribution in [3.8, 4) is 5.75 Å². The minimum absolute atomic E-state index is 0.109. The lowest BCUT2D eigenvalue weighted by atomic mass is 10.1. The summed E-state index contributed by atoms with van der Waals surface area (Å²) in [6.45, 7) is 5.55. The molecule has 21 heavy (non-hydrogen) atoms. The van der Waals surface area contributed by atoms with E-state index >= 15 is 0 Å². The summed E-state index contributed by atoms with van der Waals surface area (Å²) in [7, 11) is 1.62. The number of nitrogens with zero attached hydrogens (tertiary/aromatic N) is 1. The number of rotatable bonds is 4. The SMILES string of the molecule is COc1cc(Br)cc(NC(C)c2c(C)nc(C)[nH]c2=O)c1. The van der Waals surface area contributed by atoms with Crippen molar-refractivity contribution in [3.63, 3.8) is 0 Å². The molecule has 0 saturated carbocycles. The zero-order valence-electron chi connectivity index (χ0n) is 12.5. The maximum absolute atomic E-state index is 12.1. The minimum atomic E-state index is -0.166. The van der Waals surface area contributed by atoms with E-state index in [1.54, 1.807) is 14.0 Å². The molecule has 1 aromatic heterocycles. The molecule has 1 atom stereocenters. The zero-order valence-corrected chi connectivity index (χ0v) is 14.0. The van der Waals surface area contributed by atoms with Gasteiger partial charge in [-0.3, -0.25) is 4.79 Å². The molecule has 112 valence electrons. The normalized spacial score (nSPS) is 12.0. The average Bonchev–Trinajstić information content (AvgIpc) is 2.36. The number of halogens is 1. The summed E-state index contributed by atoms with van der Waals surface area (Å²) < 4.78 is 6.14. The van der Waals surface area contributed by atoms with E-state index in [4.69, 9.17) is 4.74 Å². The predicted molar refractivity (Wildman–Crippen MR) is 87.1 cm³/mol. The Labute approximate surface area is 131 Å². The standard InChI is InChI=1S/C15H18BrN3O2/c1-8-14(15(20)19-10(3)17-8)9(2)18-12-5-11(16)6-13(7-12)21-4/h5-7,9,18H,1-4H3,(H,17,19,20). The van der Waals surface area contributed by atoms with Gasteiger partial charge in [-0.05, 0) is 32.9 Å². The number of H-pyrrole nitrogens is 1. The first kappa shape index (κ1) is 15.6. The van der Waals surface area contributed by atoms with Gasteiger partial charge in [0.15, 0.2) is 0 Å². The number of aryl methyl sites for hydroxylation is 2. The first-order valence-electron chi connectivity index (χ1n) is 6.59. The number of ether oxygens (including phenoxy) is 1. The van der Waals surface area contributed by atoms with E-state index in [1.807, 2.05) is 32.0 Å². The second-order valence-corrected chi connectivity index (χ2v) is 5.81. The quantitative estimate of drug-likeness (QED) is 0.886. The highest BCUT2D eigenvalue weighted by Crippen LogP contribution is 2.27. The lowest BCUT2D eigenvalue weighted by Gasteiger charge is -2.17. The third-order valence-electron chi connectivity index (χ3n) is 3.19. The van der Waals surface area contributed by atoms with Gasteiger partial charge in [-0.2, -0.15) is 0 Å². The van der Waals surface area contributed by atoms with Crippen LogP contribution in [-0.4, -0.2) is 17.1 Å². The van der Waals surface area contributed by atoms with E-state index in [2.05, 4.69) is 31.2 Å².